The summed E-state index contributed by atoms with van der Waals surface area (Å²) < 4.78 is 0. The second-order valence-electron chi connectivity index (χ2n) is 5.14. The molecule has 0 saturated carbocycles. The van der Waals surface area contributed by atoms with E-state index in [2.05, 4.69) is 12.2 Å². The third-order valence-electron chi connectivity index (χ3n) is 3.93. The molecule has 1 N–H and O–H groups in total. The summed E-state index contributed by atoms with van der Waals surface area (Å²) in [5.41, 5.74) is 0. The topological polar surface area (TPSA) is 52.7 Å². The van der Waals surface area contributed by atoms with Crippen LogP contribution in [-0.4, -0.2) is 60.4 Å². The van der Waals surface area contributed by atoms with Crippen LogP contribution in [0.25, 0.3) is 0 Å². The first-order chi connectivity index (χ1) is 8.72. The van der Waals surface area contributed by atoms with E-state index in [4.69, 9.17) is 0 Å². The molecular formula is C13H23N3O2. The van der Waals surface area contributed by atoms with Crippen LogP contribution >= 0.6 is 0 Å². The number of hydrogen-bond acceptors (Lipinski definition) is 3. The van der Waals surface area contributed by atoms with Crippen molar-refractivity contribution < 1.29 is 9.59 Å². The summed E-state index contributed by atoms with van der Waals surface area (Å²) in [5.74, 6) is 0.163. The average Bonchev–Trinajstić information content (AvgIpc) is 2.41. The number of likely N-dealkylation sites (tertiary alicyclic amines) is 1. The van der Waals surface area contributed by atoms with Crippen molar-refractivity contribution in [2.24, 2.45) is 0 Å². The highest BCUT2D eigenvalue weighted by Crippen LogP contribution is 2.19. The molecule has 102 valence electrons. The monoisotopic (exact) mass is 253 g/mol. The number of amides is 2. The van der Waals surface area contributed by atoms with Gasteiger partial charge in [0.05, 0.1) is 13.1 Å². The molecule has 1 unspecified atom stereocenters. The van der Waals surface area contributed by atoms with Crippen LogP contribution in [0, 0.1) is 0 Å². The van der Waals surface area contributed by atoms with Crippen LogP contribution in [0.2, 0.25) is 0 Å². The van der Waals surface area contributed by atoms with Gasteiger partial charge in [0.1, 0.15) is 0 Å². The van der Waals surface area contributed by atoms with Crippen molar-refractivity contribution in [1.29, 1.82) is 0 Å². The Bertz CT molecular complexity index is 319. The third kappa shape index (κ3) is 3.02. The zero-order valence-electron chi connectivity index (χ0n) is 11.2. The van der Waals surface area contributed by atoms with Crippen LogP contribution in [0.15, 0.2) is 0 Å². The maximum atomic E-state index is 12.3. The molecular weight excluding hydrogens is 230 g/mol. The maximum Gasteiger partial charge on any atom is 0.242 e. The van der Waals surface area contributed by atoms with Crippen molar-refractivity contribution in [2.45, 2.75) is 38.6 Å². The van der Waals surface area contributed by atoms with Crippen molar-refractivity contribution >= 4 is 11.8 Å². The van der Waals surface area contributed by atoms with Gasteiger partial charge in [-0.1, -0.05) is 6.92 Å². The Labute approximate surface area is 108 Å². The summed E-state index contributed by atoms with van der Waals surface area (Å²) in [6, 6.07) is 0.379. The summed E-state index contributed by atoms with van der Waals surface area (Å²) in [4.78, 5) is 27.6. The van der Waals surface area contributed by atoms with Gasteiger partial charge in [-0.05, 0) is 25.7 Å². The van der Waals surface area contributed by atoms with Gasteiger partial charge in [-0.25, -0.2) is 0 Å². The lowest BCUT2D eigenvalue weighted by Gasteiger charge is -2.37. The Morgan fingerprint density at radius 3 is 2.94 bits per heavy atom. The zero-order chi connectivity index (χ0) is 13.0. The Hall–Kier alpha value is -1.10. The quantitative estimate of drug-likeness (QED) is 0.782. The fraction of sp³-hybridized carbons (Fsp3) is 0.846. The lowest BCUT2D eigenvalue weighted by Crippen LogP contribution is -2.53. The molecule has 0 radical (unpaired) electrons. The molecule has 0 aliphatic carbocycles. The zero-order valence-corrected chi connectivity index (χ0v) is 11.2. The van der Waals surface area contributed by atoms with Gasteiger partial charge in [0, 0.05) is 25.7 Å². The maximum absolute atomic E-state index is 12.3. The molecule has 0 aromatic rings. The highest BCUT2D eigenvalue weighted by Gasteiger charge is 2.28. The van der Waals surface area contributed by atoms with Gasteiger partial charge in [-0.3, -0.25) is 9.59 Å². The van der Waals surface area contributed by atoms with Crippen molar-refractivity contribution in [2.75, 3.05) is 32.7 Å². The standard InChI is InChI=1S/C13H23N3O2/c1-2-11-5-3-4-7-16(11)13(18)10-15-8-6-14-9-12(15)17/h11,14H,2-10H2,1H3. The first-order valence-corrected chi connectivity index (χ1v) is 7.00. The van der Waals surface area contributed by atoms with Crippen LogP contribution in [0.4, 0.5) is 0 Å². The molecule has 2 fully saturated rings. The highest BCUT2D eigenvalue weighted by atomic mass is 16.2. The number of rotatable bonds is 3. The summed E-state index contributed by atoms with van der Waals surface area (Å²) in [7, 11) is 0. The Morgan fingerprint density at radius 2 is 2.22 bits per heavy atom. The highest BCUT2D eigenvalue weighted by molar-refractivity contribution is 5.86. The molecule has 2 aliphatic rings. The van der Waals surface area contributed by atoms with Crippen LogP contribution in [0.5, 0.6) is 0 Å². The fourth-order valence-electron chi connectivity index (χ4n) is 2.82. The van der Waals surface area contributed by atoms with Crippen LogP contribution in [-0.2, 0) is 9.59 Å². The van der Waals surface area contributed by atoms with E-state index in [1.807, 2.05) is 4.90 Å². The number of piperazine rings is 1. The molecule has 2 rings (SSSR count). The summed E-state index contributed by atoms with van der Waals surface area (Å²) in [6.45, 7) is 5.05. The van der Waals surface area contributed by atoms with Gasteiger partial charge in [0.25, 0.3) is 0 Å². The molecule has 5 nitrogen and oxygen atoms in total. The minimum absolute atomic E-state index is 0.0413. The number of carbonyl (C=O) groups excluding carboxylic acids is 2. The number of piperidine rings is 1. The lowest BCUT2D eigenvalue weighted by molar-refractivity contribution is -0.143. The van der Waals surface area contributed by atoms with E-state index in [9.17, 15) is 9.59 Å². The van der Waals surface area contributed by atoms with Crippen molar-refractivity contribution in [3.8, 4) is 0 Å². The van der Waals surface area contributed by atoms with Gasteiger partial charge in [-0.15, -0.1) is 0 Å². The van der Waals surface area contributed by atoms with E-state index in [0.29, 0.717) is 19.1 Å². The van der Waals surface area contributed by atoms with Crippen LogP contribution in [0.3, 0.4) is 0 Å². The van der Waals surface area contributed by atoms with E-state index in [1.54, 1.807) is 4.90 Å². The largest absolute Gasteiger partial charge is 0.338 e. The molecule has 18 heavy (non-hydrogen) atoms. The molecule has 2 saturated heterocycles. The second kappa shape index (κ2) is 6.18. The number of nitrogens with zero attached hydrogens (tertiary/aromatic N) is 2. The lowest BCUT2D eigenvalue weighted by atomic mass is 10.00. The summed E-state index contributed by atoms with van der Waals surface area (Å²) in [5, 5.41) is 3.02. The first kappa shape index (κ1) is 13.3. The Morgan fingerprint density at radius 1 is 1.39 bits per heavy atom. The smallest absolute Gasteiger partial charge is 0.242 e. The minimum Gasteiger partial charge on any atom is -0.338 e. The molecule has 1 atom stereocenters. The van der Waals surface area contributed by atoms with E-state index in [0.717, 1.165) is 32.4 Å². The number of carbonyl (C=O) groups is 2. The first-order valence-electron chi connectivity index (χ1n) is 7.00. The number of nitrogens with one attached hydrogen (secondary N) is 1. The van der Waals surface area contributed by atoms with Gasteiger partial charge < -0.3 is 15.1 Å². The second-order valence-corrected chi connectivity index (χ2v) is 5.14. The average molecular weight is 253 g/mol. The van der Waals surface area contributed by atoms with E-state index < -0.39 is 0 Å². The molecule has 2 aliphatic heterocycles. The normalized spacial score (nSPS) is 25.4. The van der Waals surface area contributed by atoms with Gasteiger partial charge in [0.2, 0.25) is 11.8 Å². The molecule has 0 aromatic heterocycles. The predicted octanol–water partition coefficient (Wildman–Crippen LogP) is 0.209. The van der Waals surface area contributed by atoms with Gasteiger partial charge >= 0.3 is 0 Å². The fourth-order valence-corrected chi connectivity index (χ4v) is 2.82. The molecule has 2 heterocycles. The van der Waals surface area contributed by atoms with Crippen LogP contribution in [0.1, 0.15) is 32.6 Å². The Kier molecular flexibility index (Phi) is 4.58. The van der Waals surface area contributed by atoms with E-state index in [-0.39, 0.29) is 18.4 Å². The molecule has 0 aromatic carbocycles. The van der Waals surface area contributed by atoms with Gasteiger partial charge in [0.15, 0.2) is 0 Å². The Balaban J connectivity index is 1.91. The van der Waals surface area contributed by atoms with Crippen molar-refractivity contribution in [1.82, 2.24) is 15.1 Å². The van der Waals surface area contributed by atoms with Crippen LogP contribution < -0.4 is 5.32 Å². The predicted molar refractivity (Wildman–Crippen MR) is 69.1 cm³/mol. The van der Waals surface area contributed by atoms with E-state index in [1.165, 1.54) is 6.42 Å². The summed E-state index contributed by atoms with van der Waals surface area (Å²) >= 11 is 0. The SMILES string of the molecule is CCC1CCCCN1C(=O)CN1CCNCC1=O. The van der Waals surface area contributed by atoms with Gasteiger partial charge in [-0.2, -0.15) is 0 Å². The number of hydrogen-bond donors (Lipinski definition) is 1. The molecule has 0 spiro atoms. The molecule has 0 bridgehead atoms. The van der Waals surface area contributed by atoms with Crippen molar-refractivity contribution in [3.05, 3.63) is 0 Å². The summed E-state index contributed by atoms with van der Waals surface area (Å²) in [6.07, 6.45) is 4.44. The van der Waals surface area contributed by atoms with E-state index >= 15 is 0 Å². The third-order valence-corrected chi connectivity index (χ3v) is 3.93. The van der Waals surface area contributed by atoms with Crippen molar-refractivity contribution in [3.63, 3.8) is 0 Å². The molecule has 2 amide bonds. The minimum atomic E-state index is 0.0413. The molecule has 5 heteroatoms.